The summed E-state index contributed by atoms with van der Waals surface area (Å²) in [4.78, 5) is 0. The van der Waals surface area contributed by atoms with E-state index in [9.17, 15) is 0 Å². The van der Waals surface area contributed by atoms with Gasteiger partial charge in [-0.25, -0.2) is 0 Å². The van der Waals surface area contributed by atoms with Crippen molar-refractivity contribution < 1.29 is 23.7 Å². The number of hydrogen-bond donors (Lipinski definition) is 0. The predicted molar refractivity (Wildman–Crippen MR) is 92.0 cm³/mol. The minimum absolute atomic E-state index is 0.0613. The molecule has 1 aromatic rings. The molecule has 0 radical (unpaired) electrons. The molecular weight excluding hydrogens is 320 g/mol. The number of allylic oxidation sites excluding steroid dienone is 1. The van der Waals surface area contributed by atoms with E-state index in [0.29, 0.717) is 13.2 Å². The molecule has 0 saturated carbocycles. The van der Waals surface area contributed by atoms with Crippen LogP contribution in [0.25, 0.3) is 0 Å². The third-order valence-electron chi connectivity index (χ3n) is 5.29. The van der Waals surface area contributed by atoms with Gasteiger partial charge in [0, 0.05) is 19.1 Å². The van der Waals surface area contributed by atoms with E-state index in [2.05, 4.69) is 12.2 Å². The van der Waals surface area contributed by atoms with Crippen molar-refractivity contribution in [3.05, 3.63) is 48.0 Å². The molecule has 5 atom stereocenters. The second kappa shape index (κ2) is 7.56. The molecule has 0 amide bonds. The lowest BCUT2D eigenvalue weighted by molar-refractivity contribution is -0.362. The summed E-state index contributed by atoms with van der Waals surface area (Å²) in [5.41, 5.74) is 0.574. The molecule has 136 valence electrons. The minimum atomic E-state index is -0.459. The maximum atomic E-state index is 6.27. The molecule has 0 bridgehead atoms. The van der Waals surface area contributed by atoms with E-state index in [0.717, 1.165) is 31.2 Å². The highest BCUT2D eigenvalue weighted by molar-refractivity contribution is 5.16. The lowest BCUT2D eigenvalue weighted by Gasteiger charge is -2.50. The largest absolute Gasteiger partial charge is 0.366 e. The van der Waals surface area contributed by atoms with Crippen LogP contribution in [0.3, 0.4) is 0 Å². The fourth-order valence-corrected chi connectivity index (χ4v) is 3.99. The Balaban J connectivity index is 1.52. The van der Waals surface area contributed by atoms with E-state index < -0.39 is 5.60 Å². The lowest BCUT2D eigenvalue weighted by Crippen LogP contribution is -2.61. The highest BCUT2D eigenvalue weighted by Gasteiger charge is 2.52. The number of ether oxygens (including phenoxy) is 5. The minimum Gasteiger partial charge on any atom is -0.366 e. The van der Waals surface area contributed by atoms with Crippen LogP contribution in [0.4, 0.5) is 0 Å². The Morgan fingerprint density at radius 2 is 1.96 bits per heavy atom. The molecule has 1 spiro atoms. The average molecular weight is 346 g/mol. The Bertz CT molecular complexity index is 589. The molecule has 0 aliphatic carbocycles. The van der Waals surface area contributed by atoms with Crippen molar-refractivity contribution in [2.24, 2.45) is 0 Å². The van der Waals surface area contributed by atoms with Gasteiger partial charge in [0.2, 0.25) is 0 Å². The molecule has 0 aromatic heterocycles. The molecule has 0 N–H and O–H groups in total. The zero-order valence-corrected chi connectivity index (χ0v) is 14.6. The Morgan fingerprint density at radius 3 is 2.80 bits per heavy atom. The highest BCUT2D eigenvalue weighted by Crippen LogP contribution is 2.42. The molecule has 3 aliphatic heterocycles. The summed E-state index contributed by atoms with van der Waals surface area (Å²) in [6.07, 6.45) is 7.11. The van der Waals surface area contributed by atoms with Gasteiger partial charge in [-0.05, 0) is 19.3 Å². The van der Waals surface area contributed by atoms with Gasteiger partial charge in [-0.2, -0.15) is 0 Å². The second-order valence-electron chi connectivity index (χ2n) is 6.94. The number of rotatable bonds is 2. The van der Waals surface area contributed by atoms with Gasteiger partial charge >= 0.3 is 0 Å². The van der Waals surface area contributed by atoms with Crippen LogP contribution in [0.1, 0.15) is 37.5 Å². The summed E-state index contributed by atoms with van der Waals surface area (Å²) in [7, 11) is 1.68. The molecule has 5 heteroatoms. The molecule has 2 saturated heterocycles. The molecule has 5 nitrogen and oxygen atoms in total. The standard InChI is InChI=1S/C20H26O5/c1-21-19-20(11-7-2-3-8-12-23-20)13-16-17(25-19)14-22-18(24-16)15-9-5-4-6-10-15/h3-6,8-10,16-19H,2,7,11-14H2,1H3/t16-,17+,18+,19-,20+/m0/s1. The molecule has 3 aliphatic rings. The topological polar surface area (TPSA) is 46.2 Å². The van der Waals surface area contributed by atoms with Gasteiger partial charge < -0.3 is 23.7 Å². The zero-order valence-electron chi connectivity index (χ0n) is 14.6. The monoisotopic (exact) mass is 346 g/mol. The highest BCUT2D eigenvalue weighted by atomic mass is 16.8. The Morgan fingerprint density at radius 1 is 1.08 bits per heavy atom. The normalized spacial score (nSPS) is 38.8. The summed E-state index contributed by atoms with van der Waals surface area (Å²) < 4.78 is 30.3. The van der Waals surface area contributed by atoms with Crippen LogP contribution in [-0.4, -0.2) is 44.4 Å². The quantitative estimate of drug-likeness (QED) is 0.769. The maximum absolute atomic E-state index is 6.27. The first-order chi connectivity index (χ1) is 12.3. The van der Waals surface area contributed by atoms with E-state index in [1.165, 1.54) is 0 Å². The molecule has 4 rings (SSSR count). The first-order valence-corrected chi connectivity index (χ1v) is 9.10. The summed E-state index contributed by atoms with van der Waals surface area (Å²) in [6, 6.07) is 10.0. The van der Waals surface area contributed by atoms with Crippen molar-refractivity contribution in [1.82, 2.24) is 0 Å². The Labute approximate surface area is 148 Å². The summed E-state index contributed by atoms with van der Waals surface area (Å²) >= 11 is 0. The third-order valence-corrected chi connectivity index (χ3v) is 5.29. The summed E-state index contributed by atoms with van der Waals surface area (Å²) in [5.74, 6) is 0. The van der Waals surface area contributed by atoms with Gasteiger partial charge in [-0.1, -0.05) is 42.5 Å². The van der Waals surface area contributed by atoms with Gasteiger partial charge in [0.15, 0.2) is 12.6 Å². The Hall–Kier alpha value is -1.24. The summed E-state index contributed by atoms with van der Waals surface area (Å²) in [6.45, 7) is 1.08. The molecule has 1 aromatic carbocycles. The van der Waals surface area contributed by atoms with Crippen LogP contribution >= 0.6 is 0 Å². The van der Waals surface area contributed by atoms with Crippen molar-refractivity contribution in [2.75, 3.05) is 20.3 Å². The second-order valence-corrected chi connectivity index (χ2v) is 6.94. The van der Waals surface area contributed by atoms with Crippen LogP contribution in [0, 0.1) is 0 Å². The fourth-order valence-electron chi connectivity index (χ4n) is 3.99. The van der Waals surface area contributed by atoms with Crippen LogP contribution < -0.4 is 0 Å². The van der Waals surface area contributed by atoms with Crippen LogP contribution in [0.2, 0.25) is 0 Å². The van der Waals surface area contributed by atoms with Crippen molar-refractivity contribution in [3.63, 3.8) is 0 Å². The summed E-state index contributed by atoms with van der Waals surface area (Å²) in [5, 5.41) is 0. The van der Waals surface area contributed by atoms with Gasteiger partial charge in [0.1, 0.15) is 11.7 Å². The smallest absolute Gasteiger partial charge is 0.186 e. The molecule has 0 unspecified atom stereocenters. The maximum Gasteiger partial charge on any atom is 0.186 e. The van der Waals surface area contributed by atoms with Crippen molar-refractivity contribution >= 4 is 0 Å². The van der Waals surface area contributed by atoms with Crippen LogP contribution in [0.5, 0.6) is 0 Å². The third kappa shape index (κ3) is 3.52. The predicted octanol–water partition coefficient (Wildman–Crippen LogP) is 3.36. The number of benzene rings is 1. The fraction of sp³-hybridized carbons (Fsp3) is 0.600. The first-order valence-electron chi connectivity index (χ1n) is 9.10. The van der Waals surface area contributed by atoms with Crippen molar-refractivity contribution in [2.45, 2.75) is 56.1 Å². The number of fused-ring (bicyclic) bond motifs is 1. The van der Waals surface area contributed by atoms with Gasteiger partial charge in [-0.15, -0.1) is 0 Å². The lowest BCUT2D eigenvalue weighted by atomic mass is 9.84. The van der Waals surface area contributed by atoms with E-state index >= 15 is 0 Å². The molecule has 2 fully saturated rings. The number of hydrogen-bond acceptors (Lipinski definition) is 5. The SMILES string of the molecule is CO[C@H]1O[C@@H]2CO[C@@H](c3ccccc3)O[C@H]2C[C@]12CCCC=CCO2. The van der Waals surface area contributed by atoms with Crippen LogP contribution in [-0.2, 0) is 23.7 Å². The van der Waals surface area contributed by atoms with E-state index in [1.807, 2.05) is 30.3 Å². The van der Waals surface area contributed by atoms with Crippen LogP contribution in [0.15, 0.2) is 42.5 Å². The van der Waals surface area contributed by atoms with Gasteiger partial charge in [0.25, 0.3) is 0 Å². The van der Waals surface area contributed by atoms with Crippen molar-refractivity contribution in [1.29, 1.82) is 0 Å². The van der Waals surface area contributed by atoms with Crippen molar-refractivity contribution in [3.8, 4) is 0 Å². The zero-order chi connectivity index (χ0) is 17.1. The first kappa shape index (κ1) is 17.2. The Kier molecular flexibility index (Phi) is 5.20. The average Bonchev–Trinajstić information content (AvgIpc) is 2.64. The molecule has 3 heterocycles. The van der Waals surface area contributed by atoms with E-state index in [1.54, 1.807) is 7.11 Å². The molecule has 25 heavy (non-hydrogen) atoms. The van der Waals surface area contributed by atoms with Gasteiger partial charge in [0.05, 0.1) is 19.3 Å². The van der Waals surface area contributed by atoms with E-state index in [-0.39, 0.29) is 24.8 Å². The van der Waals surface area contributed by atoms with Gasteiger partial charge in [-0.3, -0.25) is 0 Å². The van der Waals surface area contributed by atoms with E-state index in [4.69, 9.17) is 23.7 Å². The molecular formula is C20H26O5. The number of methoxy groups -OCH3 is 1.